The van der Waals surface area contributed by atoms with Crippen molar-refractivity contribution in [3.05, 3.63) is 0 Å². The monoisotopic (exact) mass is 240 g/mol. The predicted octanol–water partition coefficient (Wildman–Crippen LogP) is 1.05. The zero-order valence-corrected chi connectivity index (χ0v) is 10.5. The maximum Gasteiger partial charge on any atom is 0.223 e. The van der Waals surface area contributed by atoms with E-state index in [2.05, 4.69) is 5.32 Å². The summed E-state index contributed by atoms with van der Waals surface area (Å²) >= 11 is 0. The first-order valence-corrected chi connectivity index (χ1v) is 6.87. The summed E-state index contributed by atoms with van der Waals surface area (Å²) in [6.07, 6.45) is 6.26. The quantitative estimate of drug-likeness (QED) is 0.775. The summed E-state index contributed by atoms with van der Waals surface area (Å²) in [6.45, 7) is 2.28. The Morgan fingerprint density at radius 2 is 2.00 bits per heavy atom. The molecule has 0 aromatic heterocycles. The zero-order chi connectivity index (χ0) is 12.1. The van der Waals surface area contributed by atoms with Crippen LogP contribution < -0.4 is 11.1 Å². The van der Waals surface area contributed by atoms with Crippen LogP contribution in [-0.4, -0.2) is 31.7 Å². The van der Waals surface area contributed by atoms with E-state index in [0.29, 0.717) is 12.0 Å². The lowest BCUT2D eigenvalue weighted by molar-refractivity contribution is -0.127. The van der Waals surface area contributed by atoms with Crippen molar-refractivity contribution in [3.8, 4) is 0 Å². The minimum absolute atomic E-state index is 0.195. The van der Waals surface area contributed by atoms with Gasteiger partial charge in [-0.3, -0.25) is 4.79 Å². The Labute approximate surface area is 103 Å². The normalized spacial score (nSPS) is 31.1. The molecule has 1 heterocycles. The highest BCUT2D eigenvalue weighted by Crippen LogP contribution is 2.28. The molecule has 1 saturated carbocycles. The first-order valence-electron chi connectivity index (χ1n) is 6.87. The molecular formula is C13H24N2O2. The molecule has 2 unspecified atom stereocenters. The van der Waals surface area contributed by atoms with E-state index in [0.717, 1.165) is 51.9 Å². The summed E-state index contributed by atoms with van der Waals surface area (Å²) in [4.78, 5) is 12.1. The summed E-state index contributed by atoms with van der Waals surface area (Å²) in [7, 11) is 0. The van der Waals surface area contributed by atoms with Crippen LogP contribution in [0, 0.1) is 11.8 Å². The van der Waals surface area contributed by atoms with Gasteiger partial charge < -0.3 is 15.8 Å². The van der Waals surface area contributed by atoms with E-state index in [9.17, 15) is 4.79 Å². The lowest BCUT2D eigenvalue weighted by Gasteiger charge is -2.30. The van der Waals surface area contributed by atoms with Gasteiger partial charge in [0, 0.05) is 25.2 Å². The fourth-order valence-corrected chi connectivity index (χ4v) is 2.90. The number of hydrogen-bond donors (Lipinski definition) is 2. The molecule has 3 N–H and O–H groups in total. The van der Waals surface area contributed by atoms with Gasteiger partial charge >= 0.3 is 0 Å². The van der Waals surface area contributed by atoms with Crippen molar-refractivity contribution in [1.82, 2.24) is 5.32 Å². The molecule has 4 heteroatoms. The molecule has 98 valence electrons. The van der Waals surface area contributed by atoms with E-state index >= 15 is 0 Å². The largest absolute Gasteiger partial charge is 0.381 e. The SMILES string of the molecule is NCC1CCCC(C(=O)NC2CCOCC2)C1. The third-order valence-electron chi connectivity index (χ3n) is 4.05. The molecule has 2 rings (SSSR count). The second-order valence-electron chi connectivity index (χ2n) is 5.36. The molecular weight excluding hydrogens is 216 g/mol. The molecule has 1 aliphatic heterocycles. The minimum atomic E-state index is 0.195. The average Bonchev–Trinajstić information content (AvgIpc) is 2.40. The van der Waals surface area contributed by atoms with Crippen molar-refractivity contribution in [3.63, 3.8) is 0 Å². The van der Waals surface area contributed by atoms with Gasteiger partial charge in [0.15, 0.2) is 0 Å². The average molecular weight is 240 g/mol. The van der Waals surface area contributed by atoms with Gasteiger partial charge in [-0.2, -0.15) is 0 Å². The number of carbonyl (C=O) groups is 1. The zero-order valence-electron chi connectivity index (χ0n) is 10.5. The summed E-state index contributed by atoms with van der Waals surface area (Å²) in [5.74, 6) is 0.990. The molecule has 4 nitrogen and oxygen atoms in total. The molecule has 2 atom stereocenters. The van der Waals surface area contributed by atoms with Crippen LogP contribution in [0.1, 0.15) is 38.5 Å². The maximum absolute atomic E-state index is 12.1. The van der Waals surface area contributed by atoms with E-state index in [1.807, 2.05) is 0 Å². The molecule has 17 heavy (non-hydrogen) atoms. The topological polar surface area (TPSA) is 64.4 Å². The van der Waals surface area contributed by atoms with Crippen molar-refractivity contribution < 1.29 is 9.53 Å². The van der Waals surface area contributed by atoms with Gasteiger partial charge in [0.05, 0.1) is 0 Å². The van der Waals surface area contributed by atoms with Crippen molar-refractivity contribution in [2.75, 3.05) is 19.8 Å². The second-order valence-corrected chi connectivity index (χ2v) is 5.36. The first-order chi connectivity index (χ1) is 8.29. The van der Waals surface area contributed by atoms with Crippen molar-refractivity contribution >= 4 is 5.91 Å². The third kappa shape index (κ3) is 3.68. The van der Waals surface area contributed by atoms with Crippen LogP contribution in [-0.2, 0) is 9.53 Å². The van der Waals surface area contributed by atoms with Crippen LogP contribution in [0.4, 0.5) is 0 Å². The standard InChI is InChI=1S/C13H24N2O2/c14-9-10-2-1-3-11(8-10)13(16)15-12-4-6-17-7-5-12/h10-12H,1-9,14H2,(H,15,16). The van der Waals surface area contributed by atoms with E-state index in [4.69, 9.17) is 10.5 Å². The Morgan fingerprint density at radius 3 is 2.71 bits per heavy atom. The van der Waals surface area contributed by atoms with Crippen LogP contribution >= 0.6 is 0 Å². The highest BCUT2D eigenvalue weighted by Gasteiger charge is 2.28. The van der Waals surface area contributed by atoms with E-state index in [1.54, 1.807) is 0 Å². The van der Waals surface area contributed by atoms with Gasteiger partial charge in [-0.15, -0.1) is 0 Å². The Hall–Kier alpha value is -0.610. The summed E-state index contributed by atoms with van der Waals surface area (Å²) in [5, 5.41) is 3.17. The third-order valence-corrected chi connectivity index (χ3v) is 4.05. The number of amides is 1. The van der Waals surface area contributed by atoms with Crippen molar-refractivity contribution in [2.45, 2.75) is 44.6 Å². The predicted molar refractivity (Wildman–Crippen MR) is 66.5 cm³/mol. The number of nitrogens with one attached hydrogen (secondary N) is 1. The van der Waals surface area contributed by atoms with E-state index in [-0.39, 0.29) is 11.8 Å². The van der Waals surface area contributed by atoms with Crippen LogP contribution in [0.3, 0.4) is 0 Å². The smallest absolute Gasteiger partial charge is 0.223 e. The summed E-state index contributed by atoms with van der Waals surface area (Å²) in [5.41, 5.74) is 5.70. The van der Waals surface area contributed by atoms with Gasteiger partial charge in [-0.1, -0.05) is 6.42 Å². The van der Waals surface area contributed by atoms with Gasteiger partial charge in [0.1, 0.15) is 0 Å². The van der Waals surface area contributed by atoms with Crippen LogP contribution in [0.2, 0.25) is 0 Å². The molecule has 1 aliphatic carbocycles. The summed E-state index contributed by atoms with van der Waals surface area (Å²) < 4.78 is 5.29. The maximum atomic E-state index is 12.1. The lowest BCUT2D eigenvalue weighted by atomic mass is 9.81. The van der Waals surface area contributed by atoms with Gasteiger partial charge in [-0.05, 0) is 44.6 Å². The molecule has 0 aromatic rings. The molecule has 0 aromatic carbocycles. The Kier molecular flexibility index (Phi) is 4.80. The molecule has 2 fully saturated rings. The van der Waals surface area contributed by atoms with Crippen molar-refractivity contribution in [1.29, 1.82) is 0 Å². The Morgan fingerprint density at radius 1 is 1.24 bits per heavy atom. The number of carbonyl (C=O) groups excluding carboxylic acids is 1. The number of hydrogen-bond acceptors (Lipinski definition) is 3. The first kappa shape index (κ1) is 12.8. The lowest BCUT2D eigenvalue weighted by Crippen LogP contribution is -2.43. The van der Waals surface area contributed by atoms with Gasteiger partial charge in [-0.25, -0.2) is 0 Å². The number of rotatable bonds is 3. The number of ether oxygens (including phenoxy) is 1. The highest BCUT2D eigenvalue weighted by molar-refractivity contribution is 5.79. The molecule has 0 bridgehead atoms. The van der Waals surface area contributed by atoms with E-state index in [1.165, 1.54) is 6.42 Å². The Bertz CT molecular complexity index is 252. The minimum Gasteiger partial charge on any atom is -0.381 e. The van der Waals surface area contributed by atoms with Crippen LogP contribution in [0.25, 0.3) is 0 Å². The molecule has 2 aliphatic rings. The highest BCUT2D eigenvalue weighted by atomic mass is 16.5. The molecule has 1 saturated heterocycles. The summed E-state index contributed by atoms with van der Waals surface area (Å²) in [6, 6.07) is 0.328. The Balaban J connectivity index is 1.78. The molecule has 0 spiro atoms. The van der Waals surface area contributed by atoms with Crippen LogP contribution in [0.15, 0.2) is 0 Å². The molecule has 0 radical (unpaired) electrons. The van der Waals surface area contributed by atoms with Crippen LogP contribution in [0.5, 0.6) is 0 Å². The van der Waals surface area contributed by atoms with Crippen molar-refractivity contribution in [2.24, 2.45) is 17.6 Å². The fraction of sp³-hybridized carbons (Fsp3) is 0.923. The van der Waals surface area contributed by atoms with E-state index < -0.39 is 0 Å². The van der Waals surface area contributed by atoms with Gasteiger partial charge in [0.2, 0.25) is 5.91 Å². The number of nitrogens with two attached hydrogens (primary N) is 1. The fourth-order valence-electron chi connectivity index (χ4n) is 2.90. The van der Waals surface area contributed by atoms with Gasteiger partial charge in [0.25, 0.3) is 0 Å². The molecule has 1 amide bonds. The second kappa shape index (κ2) is 6.36.